The van der Waals surface area contributed by atoms with Gasteiger partial charge in [-0.15, -0.1) is 0 Å². The molecule has 0 saturated carbocycles. The molecule has 0 bridgehead atoms. The van der Waals surface area contributed by atoms with Crippen LogP contribution < -0.4 is 10.5 Å². The minimum atomic E-state index is -4.46. The fraction of sp³-hybridized carbons (Fsp3) is 0.143. The van der Waals surface area contributed by atoms with E-state index < -0.39 is 11.7 Å². The van der Waals surface area contributed by atoms with Crippen LogP contribution in [0.3, 0.4) is 0 Å². The van der Waals surface area contributed by atoms with Crippen molar-refractivity contribution in [3.8, 4) is 11.5 Å². The van der Waals surface area contributed by atoms with Crippen molar-refractivity contribution in [1.29, 1.82) is 0 Å². The van der Waals surface area contributed by atoms with Gasteiger partial charge in [0, 0.05) is 5.69 Å². The Balaban J connectivity index is 2.07. The van der Waals surface area contributed by atoms with E-state index in [9.17, 15) is 13.2 Å². The van der Waals surface area contributed by atoms with Gasteiger partial charge < -0.3 is 15.6 Å². The van der Waals surface area contributed by atoms with E-state index in [1.165, 1.54) is 24.3 Å². The van der Waals surface area contributed by atoms with Crippen molar-refractivity contribution in [1.82, 2.24) is 0 Å². The average molecular weight is 283 g/mol. The van der Waals surface area contributed by atoms with E-state index in [4.69, 9.17) is 15.6 Å². The lowest BCUT2D eigenvalue weighted by molar-refractivity contribution is -0.136. The number of rotatable bonds is 3. The molecule has 3 N–H and O–H groups in total. The van der Waals surface area contributed by atoms with Crippen LogP contribution in [0.2, 0.25) is 0 Å². The molecule has 2 aromatic carbocycles. The van der Waals surface area contributed by atoms with Crippen molar-refractivity contribution in [2.75, 3.05) is 5.73 Å². The smallest absolute Gasteiger partial charge is 0.418 e. The van der Waals surface area contributed by atoms with Crippen LogP contribution >= 0.6 is 0 Å². The lowest BCUT2D eigenvalue weighted by Gasteiger charge is -2.12. The van der Waals surface area contributed by atoms with Gasteiger partial charge in [0.2, 0.25) is 0 Å². The lowest BCUT2D eigenvalue weighted by Crippen LogP contribution is -2.09. The molecule has 3 nitrogen and oxygen atoms in total. The number of hydrogen-bond acceptors (Lipinski definition) is 3. The van der Waals surface area contributed by atoms with Crippen molar-refractivity contribution in [2.45, 2.75) is 12.8 Å². The molecule has 0 fully saturated rings. The molecule has 0 saturated heterocycles. The van der Waals surface area contributed by atoms with Crippen LogP contribution in [0, 0.1) is 0 Å². The highest BCUT2D eigenvalue weighted by atomic mass is 19.4. The van der Waals surface area contributed by atoms with E-state index in [2.05, 4.69) is 0 Å². The Bertz CT molecular complexity index is 594. The van der Waals surface area contributed by atoms with Gasteiger partial charge in [-0.1, -0.05) is 6.07 Å². The highest BCUT2D eigenvalue weighted by Crippen LogP contribution is 2.33. The monoisotopic (exact) mass is 283 g/mol. The van der Waals surface area contributed by atoms with Gasteiger partial charge in [0.25, 0.3) is 0 Å². The van der Waals surface area contributed by atoms with Crippen LogP contribution in [0.4, 0.5) is 18.9 Å². The molecule has 0 spiro atoms. The van der Waals surface area contributed by atoms with Gasteiger partial charge in [-0.05, 0) is 42.0 Å². The summed E-state index contributed by atoms with van der Waals surface area (Å²) in [6.45, 7) is 0.0904. The Morgan fingerprint density at radius 3 is 2.25 bits per heavy atom. The first-order valence-electron chi connectivity index (χ1n) is 5.73. The first-order chi connectivity index (χ1) is 9.36. The number of phenols is 1. The van der Waals surface area contributed by atoms with E-state index in [0.29, 0.717) is 11.3 Å². The van der Waals surface area contributed by atoms with Crippen LogP contribution in [0.1, 0.15) is 11.1 Å². The molecule has 0 aliphatic rings. The summed E-state index contributed by atoms with van der Waals surface area (Å²) in [5, 5.41) is 9.11. The number of anilines is 1. The summed E-state index contributed by atoms with van der Waals surface area (Å²) in [7, 11) is 0. The fourth-order valence-corrected chi connectivity index (χ4v) is 1.67. The number of ether oxygens (including phenoxy) is 1. The quantitative estimate of drug-likeness (QED) is 0.847. The average Bonchev–Trinajstić information content (AvgIpc) is 2.36. The Hall–Kier alpha value is -2.37. The molecule has 6 heteroatoms. The molecular weight excluding hydrogens is 271 g/mol. The molecule has 0 aromatic heterocycles. The number of benzene rings is 2. The molecule has 0 radical (unpaired) electrons. The molecule has 2 rings (SSSR count). The number of phenolic OH excluding ortho intramolecular Hbond substituents is 1. The van der Waals surface area contributed by atoms with E-state index in [1.54, 1.807) is 12.1 Å². The summed E-state index contributed by atoms with van der Waals surface area (Å²) in [4.78, 5) is 0. The van der Waals surface area contributed by atoms with Gasteiger partial charge in [-0.3, -0.25) is 0 Å². The van der Waals surface area contributed by atoms with Crippen molar-refractivity contribution in [3.63, 3.8) is 0 Å². The van der Waals surface area contributed by atoms with E-state index in [1.807, 2.05) is 0 Å². The Kier molecular flexibility index (Phi) is 3.74. The molecule has 0 unspecified atom stereocenters. The van der Waals surface area contributed by atoms with Gasteiger partial charge in [0.05, 0.1) is 5.56 Å². The summed E-state index contributed by atoms with van der Waals surface area (Å²) < 4.78 is 43.0. The molecule has 2 aromatic rings. The van der Waals surface area contributed by atoms with Crippen molar-refractivity contribution >= 4 is 5.69 Å². The second kappa shape index (κ2) is 5.32. The highest BCUT2D eigenvalue weighted by molar-refractivity contribution is 5.50. The van der Waals surface area contributed by atoms with Crippen LogP contribution in [-0.2, 0) is 12.8 Å². The molecule has 0 amide bonds. The zero-order valence-corrected chi connectivity index (χ0v) is 10.3. The summed E-state index contributed by atoms with van der Waals surface area (Å²) in [6, 6.07) is 9.52. The second-order valence-corrected chi connectivity index (χ2v) is 4.20. The molecule has 20 heavy (non-hydrogen) atoms. The summed E-state index contributed by atoms with van der Waals surface area (Å²) in [5.74, 6) is 0.609. The van der Waals surface area contributed by atoms with Gasteiger partial charge in [-0.2, -0.15) is 13.2 Å². The standard InChI is InChI=1S/C14H12F3NO2/c15-14(16,17)12-6-1-9(7-13(12)18)8-20-11-4-2-10(19)3-5-11/h1-7,19H,8,18H2. The molecule has 0 aliphatic carbocycles. The minimum Gasteiger partial charge on any atom is -0.508 e. The predicted molar refractivity (Wildman–Crippen MR) is 68.3 cm³/mol. The molecular formula is C14H12F3NO2. The maximum absolute atomic E-state index is 12.5. The number of nitrogen functional groups attached to an aromatic ring is 1. The number of nitrogens with two attached hydrogens (primary N) is 1. The SMILES string of the molecule is Nc1cc(COc2ccc(O)cc2)ccc1C(F)(F)F. The molecule has 0 heterocycles. The van der Waals surface area contributed by atoms with Crippen LogP contribution in [0.25, 0.3) is 0 Å². The third-order valence-corrected chi connectivity index (χ3v) is 2.66. The number of hydrogen-bond donors (Lipinski definition) is 2. The Morgan fingerprint density at radius 2 is 1.70 bits per heavy atom. The number of alkyl halides is 3. The van der Waals surface area contributed by atoms with Gasteiger partial charge in [0.1, 0.15) is 18.1 Å². The predicted octanol–water partition coefficient (Wildman–Crippen LogP) is 3.57. The Morgan fingerprint density at radius 1 is 1.05 bits per heavy atom. The maximum Gasteiger partial charge on any atom is 0.418 e. The van der Waals surface area contributed by atoms with Gasteiger partial charge in [0.15, 0.2) is 0 Å². The largest absolute Gasteiger partial charge is 0.508 e. The van der Waals surface area contributed by atoms with E-state index >= 15 is 0 Å². The van der Waals surface area contributed by atoms with Gasteiger partial charge in [-0.25, -0.2) is 0 Å². The topological polar surface area (TPSA) is 55.5 Å². The zero-order chi connectivity index (χ0) is 14.8. The Labute approximate surface area is 113 Å². The molecule has 106 valence electrons. The van der Waals surface area contributed by atoms with Crippen LogP contribution in [0.15, 0.2) is 42.5 Å². The van der Waals surface area contributed by atoms with Crippen LogP contribution in [0.5, 0.6) is 11.5 Å². The number of halogens is 3. The van der Waals surface area contributed by atoms with Crippen molar-refractivity contribution in [2.24, 2.45) is 0 Å². The zero-order valence-electron chi connectivity index (χ0n) is 10.3. The first kappa shape index (κ1) is 14.0. The second-order valence-electron chi connectivity index (χ2n) is 4.20. The first-order valence-corrected chi connectivity index (χ1v) is 5.73. The maximum atomic E-state index is 12.5. The summed E-state index contributed by atoms with van der Waals surface area (Å²) in [5.41, 5.74) is 4.73. The summed E-state index contributed by atoms with van der Waals surface area (Å²) in [6.07, 6.45) is -4.46. The fourth-order valence-electron chi connectivity index (χ4n) is 1.67. The van der Waals surface area contributed by atoms with E-state index in [0.717, 1.165) is 6.07 Å². The highest BCUT2D eigenvalue weighted by Gasteiger charge is 2.32. The minimum absolute atomic E-state index is 0.0904. The number of aromatic hydroxyl groups is 1. The summed E-state index contributed by atoms with van der Waals surface area (Å²) >= 11 is 0. The normalized spacial score (nSPS) is 11.3. The lowest BCUT2D eigenvalue weighted by atomic mass is 10.1. The van der Waals surface area contributed by atoms with Crippen molar-refractivity contribution in [3.05, 3.63) is 53.6 Å². The third-order valence-electron chi connectivity index (χ3n) is 2.66. The van der Waals surface area contributed by atoms with Crippen molar-refractivity contribution < 1.29 is 23.0 Å². The third kappa shape index (κ3) is 3.34. The van der Waals surface area contributed by atoms with Gasteiger partial charge >= 0.3 is 6.18 Å². The molecule has 0 aliphatic heterocycles. The van der Waals surface area contributed by atoms with E-state index in [-0.39, 0.29) is 18.0 Å². The molecule has 0 atom stereocenters. The van der Waals surface area contributed by atoms with Crippen LogP contribution in [-0.4, -0.2) is 5.11 Å².